The van der Waals surface area contributed by atoms with Gasteiger partial charge in [-0.05, 0) is 25.0 Å². The fourth-order valence-corrected chi connectivity index (χ4v) is 2.20. The minimum Gasteiger partial charge on any atom is -0.343 e. The van der Waals surface area contributed by atoms with Gasteiger partial charge < -0.3 is 14.0 Å². The fourth-order valence-electron chi connectivity index (χ4n) is 2.20. The Kier molecular flexibility index (Phi) is 4.38. The van der Waals surface area contributed by atoms with Crippen LogP contribution in [0, 0.1) is 0 Å². The number of benzene rings is 1. The number of ether oxygens (including phenoxy) is 2. The van der Waals surface area contributed by atoms with Crippen LogP contribution in [0.3, 0.4) is 0 Å². The quantitative estimate of drug-likeness (QED) is 0.765. The third-order valence-corrected chi connectivity index (χ3v) is 4.08. The third-order valence-electron chi connectivity index (χ3n) is 4.08. The largest absolute Gasteiger partial charge is 0.343 e. The van der Waals surface area contributed by atoms with E-state index in [1.54, 1.807) is 0 Å². The molecular weight excluding hydrogens is 226 g/mol. The summed E-state index contributed by atoms with van der Waals surface area (Å²) in [5.74, 6) is 0. The van der Waals surface area contributed by atoms with Crippen LogP contribution in [-0.2, 0) is 22.7 Å². The number of hydrogen-bond donors (Lipinski definition) is 0. The molecule has 100 valence electrons. The molecule has 1 aromatic carbocycles. The maximum absolute atomic E-state index is 5.89. The van der Waals surface area contributed by atoms with E-state index in [0.717, 1.165) is 24.1 Å². The van der Waals surface area contributed by atoms with Crippen molar-refractivity contribution in [2.24, 2.45) is 0 Å². The van der Waals surface area contributed by atoms with Crippen molar-refractivity contribution in [3.63, 3.8) is 0 Å². The Morgan fingerprint density at radius 1 is 1.06 bits per heavy atom. The fraction of sp³-hybridized carbons (Fsp3) is 0.600. The molecule has 0 fully saturated rings. The minimum absolute atomic E-state index is 0.0951. The van der Waals surface area contributed by atoms with E-state index in [9.17, 15) is 0 Å². The molecule has 1 heterocycles. The molecule has 1 aromatic rings. The number of quaternary nitrogens is 1. The predicted molar refractivity (Wildman–Crippen MR) is 71.9 cm³/mol. The van der Waals surface area contributed by atoms with Crippen LogP contribution in [0.5, 0.6) is 0 Å². The van der Waals surface area contributed by atoms with E-state index in [1.807, 2.05) is 0 Å². The Labute approximate surface area is 110 Å². The lowest BCUT2D eigenvalue weighted by Gasteiger charge is -2.34. The van der Waals surface area contributed by atoms with E-state index < -0.39 is 0 Å². The van der Waals surface area contributed by atoms with Crippen molar-refractivity contribution in [2.75, 3.05) is 26.7 Å². The molecule has 3 heteroatoms. The zero-order valence-corrected chi connectivity index (χ0v) is 11.7. The molecule has 0 amide bonds. The van der Waals surface area contributed by atoms with Crippen molar-refractivity contribution in [2.45, 2.75) is 33.4 Å². The van der Waals surface area contributed by atoms with Crippen molar-refractivity contribution >= 4 is 0 Å². The topological polar surface area (TPSA) is 18.5 Å². The van der Waals surface area contributed by atoms with Crippen molar-refractivity contribution in [1.29, 1.82) is 0 Å². The first-order chi connectivity index (χ1) is 8.67. The Morgan fingerprint density at radius 2 is 1.56 bits per heavy atom. The third kappa shape index (κ3) is 3.10. The summed E-state index contributed by atoms with van der Waals surface area (Å²) >= 11 is 0. The molecule has 1 aliphatic rings. The van der Waals surface area contributed by atoms with Crippen LogP contribution in [0.1, 0.15) is 25.0 Å². The van der Waals surface area contributed by atoms with Gasteiger partial charge in [-0.15, -0.1) is 0 Å². The van der Waals surface area contributed by atoms with Gasteiger partial charge in [-0.3, -0.25) is 0 Å². The first kappa shape index (κ1) is 13.5. The van der Waals surface area contributed by atoms with Gasteiger partial charge in [0.2, 0.25) is 6.29 Å². The average Bonchev–Trinajstić information content (AvgIpc) is 2.62. The van der Waals surface area contributed by atoms with E-state index in [4.69, 9.17) is 9.47 Å². The summed E-state index contributed by atoms with van der Waals surface area (Å²) in [7, 11) is 2.25. The smallest absolute Gasteiger partial charge is 0.208 e. The molecule has 0 saturated carbocycles. The van der Waals surface area contributed by atoms with Crippen LogP contribution in [-0.4, -0.2) is 37.5 Å². The van der Waals surface area contributed by atoms with Crippen LogP contribution in [0.4, 0.5) is 0 Å². The Bertz CT molecular complexity index is 361. The molecule has 0 N–H and O–H groups in total. The number of nitrogens with zero attached hydrogens (tertiary/aromatic N) is 1. The Morgan fingerprint density at radius 3 is 2.00 bits per heavy atom. The molecule has 0 radical (unpaired) electrons. The lowest BCUT2D eigenvalue weighted by atomic mass is 10.1. The van der Waals surface area contributed by atoms with Gasteiger partial charge in [0, 0.05) is 0 Å². The highest BCUT2D eigenvalue weighted by molar-refractivity contribution is 5.26. The maximum Gasteiger partial charge on any atom is 0.208 e. The molecule has 0 aromatic heterocycles. The number of likely N-dealkylation sites (N-methyl/N-ethyl adjacent to an activating group) is 1. The highest BCUT2D eigenvalue weighted by Gasteiger charge is 2.26. The standard InChI is InChI=1S/C15H24NO2/c1-4-16(3,5-2)10-15-17-11-13-8-6-7-9-14(13)12-18-15/h6-9,15H,4-5,10-12H2,1-3H3/q+1. The second kappa shape index (κ2) is 5.83. The van der Waals surface area contributed by atoms with Crippen LogP contribution in [0.25, 0.3) is 0 Å². The van der Waals surface area contributed by atoms with Crippen LogP contribution >= 0.6 is 0 Å². The van der Waals surface area contributed by atoms with Gasteiger partial charge >= 0.3 is 0 Å². The van der Waals surface area contributed by atoms with Gasteiger partial charge in [0.05, 0.1) is 33.4 Å². The summed E-state index contributed by atoms with van der Waals surface area (Å²) in [5, 5.41) is 0. The van der Waals surface area contributed by atoms with Gasteiger partial charge in [-0.1, -0.05) is 24.3 Å². The minimum atomic E-state index is -0.0951. The first-order valence-electron chi connectivity index (χ1n) is 6.80. The highest BCUT2D eigenvalue weighted by atomic mass is 16.7. The average molecular weight is 250 g/mol. The molecule has 2 rings (SSSR count). The maximum atomic E-state index is 5.89. The van der Waals surface area contributed by atoms with Crippen molar-refractivity contribution in [1.82, 2.24) is 0 Å². The normalized spacial score (nSPS) is 17.3. The molecule has 0 saturated heterocycles. The highest BCUT2D eigenvalue weighted by Crippen LogP contribution is 2.19. The van der Waals surface area contributed by atoms with Gasteiger partial charge in [-0.2, -0.15) is 0 Å². The number of hydrogen-bond acceptors (Lipinski definition) is 2. The summed E-state index contributed by atoms with van der Waals surface area (Å²) < 4.78 is 12.8. The van der Waals surface area contributed by atoms with Gasteiger partial charge in [0.1, 0.15) is 6.54 Å². The first-order valence-corrected chi connectivity index (χ1v) is 6.80. The van der Waals surface area contributed by atoms with Gasteiger partial charge in [0.25, 0.3) is 0 Å². The second-order valence-electron chi connectivity index (χ2n) is 5.25. The predicted octanol–water partition coefficient (Wildman–Crippen LogP) is 2.55. The van der Waals surface area contributed by atoms with E-state index in [-0.39, 0.29) is 6.29 Å². The van der Waals surface area contributed by atoms with Gasteiger partial charge in [0.15, 0.2) is 0 Å². The van der Waals surface area contributed by atoms with E-state index in [1.165, 1.54) is 11.1 Å². The Balaban J connectivity index is 2.00. The molecule has 0 bridgehead atoms. The summed E-state index contributed by atoms with van der Waals surface area (Å²) in [4.78, 5) is 0. The van der Waals surface area contributed by atoms with Crippen molar-refractivity contribution in [3.8, 4) is 0 Å². The zero-order chi connectivity index (χ0) is 13.0. The lowest BCUT2D eigenvalue weighted by molar-refractivity contribution is -0.912. The second-order valence-corrected chi connectivity index (χ2v) is 5.25. The summed E-state index contributed by atoms with van der Waals surface area (Å²) in [5.41, 5.74) is 2.50. The molecule has 3 nitrogen and oxygen atoms in total. The van der Waals surface area contributed by atoms with Crippen LogP contribution < -0.4 is 0 Å². The van der Waals surface area contributed by atoms with Gasteiger partial charge in [-0.25, -0.2) is 0 Å². The lowest BCUT2D eigenvalue weighted by Crippen LogP contribution is -2.49. The Hall–Kier alpha value is -0.900. The zero-order valence-electron chi connectivity index (χ0n) is 11.7. The molecule has 0 spiro atoms. The molecular formula is C15H24NO2+. The van der Waals surface area contributed by atoms with E-state index in [0.29, 0.717) is 13.2 Å². The number of fused-ring (bicyclic) bond motifs is 1. The molecule has 0 aliphatic carbocycles. The molecule has 0 atom stereocenters. The number of rotatable bonds is 4. The van der Waals surface area contributed by atoms with E-state index in [2.05, 4.69) is 45.2 Å². The molecule has 18 heavy (non-hydrogen) atoms. The SMILES string of the molecule is CC[N+](C)(CC)CC1OCc2ccccc2CO1. The van der Waals surface area contributed by atoms with E-state index >= 15 is 0 Å². The summed E-state index contributed by atoms with van der Waals surface area (Å²) in [6, 6.07) is 8.35. The summed E-state index contributed by atoms with van der Waals surface area (Å²) in [6.07, 6.45) is -0.0951. The van der Waals surface area contributed by atoms with Crippen LogP contribution in [0.15, 0.2) is 24.3 Å². The van der Waals surface area contributed by atoms with Crippen molar-refractivity contribution < 1.29 is 14.0 Å². The molecule has 1 aliphatic heterocycles. The van der Waals surface area contributed by atoms with Crippen molar-refractivity contribution in [3.05, 3.63) is 35.4 Å². The van der Waals surface area contributed by atoms with Crippen LogP contribution in [0.2, 0.25) is 0 Å². The molecule has 0 unspecified atom stereocenters. The monoisotopic (exact) mass is 250 g/mol. The summed E-state index contributed by atoms with van der Waals surface area (Å²) in [6.45, 7) is 8.88.